The number of sulfonamides is 1. The Morgan fingerprint density at radius 3 is 2.34 bits per heavy atom. The number of rotatable bonds is 7. The first kappa shape index (κ1) is 22.3. The van der Waals surface area contributed by atoms with E-state index in [0.717, 1.165) is 38.8 Å². The highest BCUT2D eigenvalue weighted by atomic mass is 32.2. The molecule has 0 bridgehead atoms. The largest absolute Gasteiger partial charge is 0.378 e. The van der Waals surface area contributed by atoms with Gasteiger partial charge in [-0.1, -0.05) is 6.42 Å². The number of likely N-dealkylation sites (tertiary alicyclic amines) is 1. The summed E-state index contributed by atoms with van der Waals surface area (Å²) < 4.78 is 32.3. The van der Waals surface area contributed by atoms with Crippen LogP contribution in [0.4, 0.5) is 0 Å². The van der Waals surface area contributed by atoms with Gasteiger partial charge in [0, 0.05) is 52.2 Å². The number of amides is 1. The quantitative estimate of drug-likeness (QED) is 0.431. The second-order valence-electron chi connectivity index (χ2n) is 8.14. The molecule has 166 valence electrons. The summed E-state index contributed by atoms with van der Waals surface area (Å²) in [6.07, 6.45) is 5.03. The van der Waals surface area contributed by atoms with E-state index in [4.69, 9.17) is 4.74 Å². The Morgan fingerprint density at radius 2 is 1.76 bits per heavy atom. The van der Waals surface area contributed by atoms with Crippen LogP contribution in [0.5, 0.6) is 0 Å². The summed E-state index contributed by atoms with van der Waals surface area (Å²) in [6.45, 7) is 4.98. The van der Waals surface area contributed by atoms with Gasteiger partial charge in [0.2, 0.25) is 15.9 Å². The van der Waals surface area contributed by atoms with Gasteiger partial charge in [-0.2, -0.15) is 0 Å². The Bertz CT molecular complexity index is 666. The number of ether oxygens (including phenoxy) is 1. The van der Waals surface area contributed by atoms with Crippen molar-refractivity contribution in [2.24, 2.45) is 16.8 Å². The van der Waals surface area contributed by atoms with Crippen molar-refractivity contribution in [3.05, 3.63) is 0 Å². The molecule has 10 heteroatoms. The van der Waals surface area contributed by atoms with Crippen molar-refractivity contribution in [2.45, 2.75) is 32.1 Å². The summed E-state index contributed by atoms with van der Waals surface area (Å²) in [6, 6.07) is 0. The first-order valence-corrected chi connectivity index (χ1v) is 12.4. The molecule has 0 spiro atoms. The van der Waals surface area contributed by atoms with Crippen molar-refractivity contribution in [3.8, 4) is 0 Å². The van der Waals surface area contributed by atoms with Crippen LogP contribution >= 0.6 is 0 Å². The van der Waals surface area contributed by atoms with Gasteiger partial charge in [0.15, 0.2) is 5.96 Å². The highest BCUT2D eigenvalue weighted by Crippen LogP contribution is 2.25. The molecule has 0 atom stereocenters. The van der Waals surface area contributed by atoms with Crippen LogP contribution in [0, 0.1) is 11.8 Å². The Morgan fingerprint density at radius 1 is 1.07 bits per heavy atom. The van der Waals surface area contributed by atoms with Gasteiger partial charge in [-0.25, -0.2) is 13.1 Å². The van der Waals surface area contributed by atoms with Crippen LogP contribution in [0.2, 0.25) is 0 Å². The fourth-order valence-electron chi connectivity index (χ4n) is 4.02. The molecule has 1 aliphatic carbocycles. The molecule has 0 aromatic rings. The number of aliphatic imine (C=N–C) groups is 1. The third-order valence-corrected chi connectivity index (χ3v) is 7.50. The zero-order valence-electron chi connectivity index (χ0n) is 17.4. The smallest absolute Gasteiger partial charge is 0.225 e. The van der Waals surface area contributed by atoms with Gasteiger partial charge in [0.1, 0.15) is 0 Å². The third-order valence-electron chi connectivity index (χ3n) is 6.15. The number of guanidine groups is 1. The zero-order chi connectivity index (χ0) is 20.7. The van der Waals surface area contributed by atoms with E-state index in [0.29, 0.717) is 51.3 Å². The van der Waals surface area contributed by atoms with Gasteiger partial charge in [-0.3, -0.25) is 9.79 Å². The molecule has 0 aromatic carbocycles. The van der Waals surface area contributed by atoms with Crippen molar-refractivity contribution in [3.63, 3.8) is 0 Å². The fraction of sp³-hybridized carbons (Fsp3) is 0.895. The molecular formula is C19H35N5O4S. The highest BCUT2D eigenvalue weighted by molar-refractivity contribution is 7.89. The van der Waals surface area contributed by atoms with Gasteiger partial charge in [-0.15, -0.1) is 0 Å². The van der Waals surface area contributed by atoms with E-state index in [1.165, 1.54) is 6.42 Å². The van der Waals surface area contributed by atoms with Crippen molar-refractivity contribution in [1.82, 2.24) is 19.8 Å². The number of carbonyl (C=O) groups excluding carboxylic acids is 1. The summed E-state index contributed by atoms with van der Waals surface area (Å²) >= 11 is 0. The van der Waals surface area contributed by atoms with Gasteiger partial charge in [0.25, 0.3) is 0 Å². The van der Waals surface area contributed by atoms with E-state index < -0.39 is 10.0 Å². The summed E-state index contributed by atoms with van der Waals surface area (Å²) in [5.41, 5.74) is 0. The molecule has 29 heavy (non-hydrogen) atoms. The molecule has 3 aliphatic rings. The number of piperidine rings is 1. The standard InChI is InChI=1S/C19H35N5O4S/c1-20-19(21-7-14-29(26,27)22-15-16-3-2-4-16)24-8-5-17(6-9-24)18(25)23-10-12-28-13-11-23/h16-17,22H,2-15H2,1H3,(H,20,21). The Kier molecular flexibility index (Phi) is 8.14. The van der Waals surface area contributed by atoms with Crippen LogP contribution in [0.15, 0.2) is 4.99 Å². The van der Waals surface area contributed by atoms with Crippen molar-refractivity contribution in [2.75, 3.05) is 65.3 Å². The zero-order valence-corrected chi connectivity index (χ0v) is 18.3. The molecular weight excluding hydrogens is 394 g/mol. The lowest BCUT2D eigenvalue weighted by Gasteiger charge is -2.36. The minimum atomic E-state index is -3.27. The van der Waals surface area contributed by atoms with Gasteiger partial charge in [-0.05, 0) is 31.6 Å². The number of hydrogen-bond donors (Lipinski definition) is 2. The predicted molar refractivity (Wildman–Crippen MR) is 112 cm³/mol. The molecule has 2 heterocycles. The minimum Gasteiger partial charge on any atom is -0.378 e. The van der Waals surface area contributed by atoms with Crippen LogP contribution in [0.3, 0.4) is 0 Å². The Balaban J connectivity index is 1.37. The molecule has 9 nitrogen and oxygen atoms in total. The van der Waals surface area contributed by atoms with E-state index >= 15 is 0 Å². The summed E-state index contributed by atoms with van der Waals surface area (Å²) in [7, 11) is -1.56. The number of carbonyl (C=O) groups is 1. The summed E-state index contributed by atoms with van der Waals surface area (Å²) in [4.78, 5) is 21.0. The monoisotopic (exact) mass is 429 g/mol. The molecule has 3 rings (SSSR count). The van der Waals surface area contributed by atoms with Gasteiger partial charge in [0.05, 0.1) is 19.0 Å². The van der Waals surface area contributed by atoms with Crippen LogP contribution < -0.4 is 10.0 Å². The highest BCUT2D eigenvalue weighted by Gasteiger charge is 2.30. The molecule has 3 fully saturated rings. The average molecular weight is 430 g/mol. The van der Waals surface area contributed by atoms with Gasteiger partial charge < -0.3 is 19.9 Å². The number of morpholine rings is 1. The Labute approximate surface area is 174 Å². The predicted octanol–water partition coefficient (Wildman–Crippen LogP) is -0.148. The van der Waals surface area contributed by atoms with E-state index in [1.54, 1.807) is 7.05 Å². The molecule has 0 radical (unpaired) electrons. The van der Waals surface area contributed by atoms with Gasteiger partial charge >= 0.3 is 0 Å². The second kappa shape index (κ2) is 10.6. The molecule has 1 amide bonds. The molecule has 2 aliphatic heterocycles. The van der Waals surface area contributed by atoms with E-state index in [1.807, 2.05) is 4.90 Å². The second-order valence-corrected chi connectivity index (χ2v) is 10.1. The lowest BCUT2D eigenvalue weighted by molar-refractivity contribution is -0.140. The van der Waals surface area contributed by atoms with Crippen molar-refractivity contribution < 1.29 is 17.9 Å². The van der Waals surface area contributed by atoms with Crippen molar-refractivity contribution in [1.29, 1.82) is 0 Å². The summed E-state index contributed by atoms with van der Waals surface area (Å²) in [5.74, 6) is 1.53. The topological polar surface area (TPSA) is 103 Å². The maximum atomic E-state index is 12.6. The minimum absolute atomic E-state index is 0.0325. The third kappa shape index (κ3) is 6.55. The number of hydrogen-bond acceptors (Lipinski definition) is 5. The molecule has 2 N–H and O–H groups in total. The normalized spacial score (nSPS) is 22.4. The maximum Gasteiger partial charge on any atom is 0.225 e. The summed E-state index contributed by atoms with van der Waals surface area (Å²) in [5, 5.41) is 3.16. The molecule has 2 saturated heterocycles. The Hall–Kier alpha value is -1.39. The van der Waals surface area contributed by atoms with E-state index in [-0.39, 0.29) is 17.6 Å². The first-order chi connectivity index (χ1) is 14.0. The maximum absolute atomic E-state index is 12.6. The first-order valence-electron chi connectivity index (χ1n) is 10.8. The van der Waals surface area contributed by atoms with E-state index in [9.17, 15) is 13.2 Å². The number of nitrogens with zero attached hydrogens (tertiary/aromatic N) is 3. The fourth-order valence-corrected chi connectivity index (χ4v) is 5.03. The van der Waals surface area contributed by atoms with Crippen molar-refractivity contribution >= 4 is 21.9 Å². The lowest BCUT2D eigenvalue weighted by atomic mass is 9.86. The van der Waals surface area contributed by atoms with Crippen LogP contribution in [0.1, 0.15) is 32.1 Å². The lowest BCUT2D eigenvalue weighted by Crippen LogP contribution is -2.50. The molecule has 0 unspecified atom stereocenters. The molecule has 0 aromatic heterocycles. The van der Waals surface area contributed by atoms with Crippen LogP contribution in [0.25, 0.3) is 0 Å². The molecule has 1 saturated carbocycles. The van der Waals surface area contributed by atoms with E-state index in [2.05, 4.69) is 19.9 Å². The van der Waals surface area contributed by atoms with Crippen LogP contribution in [-0.4, -0.2) is 95.4 Å². The average Bonchev–Trinajstić information content (AvgIpc) is 2.70. The SMILES string of the molecule is CN=C(NCCS(=O)(=O)NCC1CCC1)N1CCC(C(=O)N2CCOCC2)CC1. The number of nitrogens with one attached hydrogen (secondary N) is 2. The van der Waals surface area contributed by atoms with Crippen LogP contribution in [-0.2, 0) is 19.6 Å².